The van der Waals surface area contributed by atoms with Crippen LogP contribution in [-0.2, 0) is 13.0 Å². The standard InChI is InChI=1S/C44H53N11O2/c1-27-29-9-8-14-54(37(29)51-50-36(27)49-39-46-32-10-6-7-11-33(32)47-39)34-13-12-30(35(48-34)38(56)57)31-19-45-55(28(31)2)26-42-21-40(3)20-41(4)22-43(23-42,25-44(40,41)24-42)53-17-15-52(5)16-18-53/h6-7,10-13,19H,8-9,14-18,20-26H2,1-5H3,(H,56,57)(H2,46,47,49,50). The van der Waals surface area contributed by atoms with Gasteiger partial charge in [-0.1, -0.05) is 26.0 Å². The van der Waals surface area contributed by atoms with Gasteiger partial charge in [0.1, 0.15) is 5.82 Å². The number of hydrogen-bond donors (Lipinski definition) is 3. The molecule has 5 unspecified atom stereocenters. The molecular weight excluding hydrogens is 715 g/mol. The normalized spacial score (nSPS) is 31.8. The Morgan fingerprint density at radius 3 is 2.51 bits per heavy atom. The number of aromatic carboxylic acids is 1. The number of para-hydroxylation sites is 2. The maximum atomic E-state index is 13.0. The van der Waals surface area contributed by atoms with E-state index in [2.05, 4.69) is 67.8 Å². The fraction of sp³-hybridized carbons (Fsp3) is 0.545. The molecule has 6 aliphatic rings. The fourth-order valence-electron chi connectivity index (χ4n) is 14.0. The molecule has 13 heteroatoms. The van der Waals surface area contributed by atoms with Crippen LogP contribution in [0.4, 0.5) is 23.4 Å². The smallest absolute Gasteiger partial charge is 0.355 e. The van der Waals surface area contributed by atoms with E-state index in [1.165, 1.54) is 38.5 Å². The van der Waals surface area contributed by atoms with Gasteiger partial charge in [-0.3, -0.25) is 9.58 Å². The van der Waals surface area contributed by atoms with Crippen molar-refractivity contribution in [3.63, 3.8) is 0 Å². The SMILES string of the molecule is Cc1c(Nc2nc3ccccc3[nH]2)nnc2c1CCCN2c1ccc(-c2cnn(CC34CC5(N6CCN(C)CC6)CC6(C)CC(C)(C3)C6(C4)C5)c2C)c(C(=O)O)n1. The lowest BCUT2D eigenvalue weighted by atomic mass is 9.40. The van der Waals surface area contributed by atoms with E-state index in [9.17, 15) is 9.90 Å². The largest absolute Gasteiger partial charge is 0.476 e. The summed E-state index contributed by atoms with van der Waals surface area (Å²) in [6, 6.07) is 11.7. The number of carbonyl (C=O) groups is 1. The van der Waals surface area contributed by atoms with Gasteiger partial charge in [-0.2, -0.15) is 5.10 Å². The van der Waals surface area contributed by atoms with Crippen LogP contribution in [-0.4, -0.2) is 101 Å². The van der Waals surface area contributed by atoms with Crippen molar-refractivity contribution >= 4 is 40.4 Å². The van der Waals surface area contributed by atoms with Gasteiger partial charge in [-0.05, 0) is 118 Å². The first-order valence-corrected chi connectivity index (χ1v) is 20.9. The second kappa shape index (κ2) is 11.8. The van der Waals surface area contributed by atoms with Gasteiger partial charge in [-0.25, -0.2) is 14.8 Å². The number of rotatable bonds is 8. The average Bonchev–Trinajstić information content (AvgIpc) is 3.84. The van der Waals surface area contributed by atoms with Crippen LogP contribution >= 0.6 is 0 Å². The van der Waals surface area contributed by atoms with Crippen LogP contribution in [0.2, 0.25) is 0 Å². The molecule has 57 heavy (non-hydrogen) atoms. The second-order valence-electron chi connectivity index (χ2n) is 19.4. The molecule has 1 spiro atoms. The fourth-order valence-corrected chi connectivity index (χ4v) is 14.0. The number of carboxylic acid groups (broad SMARTS) is 1. The Kier molecular flexibility index (Phi) is 7.33. The molecular formula is C44H53N11O2. The number of fused-ring (bicyclic) bond motifs is 4. The van der Waals surface area contributed by atoms with Gasteiger partial charge in [0, 0.05) is 72.8 Å². The van der Waals surface area contributed by atoms with E-state index in [-0.39, 0.29) is 16.6 Å². The Morgan fingerprint density at radius 1 is 0.895 bits per heavy atom. The predicted octanol–water partition coefficient (Wildman–Crippen LogP) is 7.12. The summed E-state index contributed by atoms with van der Waals surface area (Å²) >= 11 is 0. The van der Waals surface area contributed by atoms with Gasteiger partial charge in [-0.15, -0.1) is 10.2 Å². The third-order valence-electron chi connectivity index (χ3n) is 16.0. The monoisotopic (exact) mass is 767 g/mol. The number of aromatic nitrogens is 7. The van der Waals surface area contributed by atoms with Crippen LogP contribution in [0.25, 0.3) is 22.2 Å². The van der Waals surface area contributed by atoms with Gasteiger partial charge >= 0.3 is 5.97 Å². The molecule has 11 rings (SSSR count). The van der Waals surface area contributed by atoms with Crippen molar-refractivity contribution in [2.24, 2.45) is 21.7 Å². The number of carboxylic acids is 1. The first-order valence-electron chi connectivity index (χ1n) is 20.9. The van der Waals surface area contributed by atoms with Crippen molar-refractivity contribution in [1.29, 1.82) is 0 Å². The number of nitrogens with one attached hydrogen (secondary N) is 2. The number of imidazole rings is 1. The molecule has 3 N–H and O–H groups in total. The first-order chi connectivity index (χ1) is 27.3. The maximum Gasteiger partial charge on any atom is 0.355 e. The van der Waals surface area contributed by atoms with Crippen LogP contribution in [0.1, 0.15) is 86.1 Å². The van der Waals surface area contributed by atoms with Crippen molar-refractivity contribution < 1.29 is 9.90 Å². The van der Waals surface area contributed by atoms with Crippen LogP contribution < -0.4 is 10.2 Å². The lowest BCUT2D eigenvalue weighted by Crippen LogP contribution is -2.59. The molecule has 5 atom stereocenters. The highest BCUT2D eigenvalue weighted by Crippen LogP contribution is 2.90. The molecule has 2 aliphatic heterocycles. The quantitative estimate of drug-likeness (QED) is 0.149. The van der Waals surface area contributed by atoms with E-state index < -0.39 is 5.97 Å². The van der Waals surface area contributed by atoms with E-state index >= 15 is 0 Å². The number of aromatic amines is 1. The molecule has 296 valence electrons. The minimum atomic E-state index is -1.06. The number of likely N-dealkylation sites (N-methyl/N-ethyl adjacent to an activating group) is 1. The zero-order chi connectivity index (χ0) is 39.1. The molecule has 4 aromatic heterocycles. The van der Waals surface area contributed by atoms with Crippen molar-refractivity contribution in [3.8, 4) is 11.1 Å². The van der Waals surface area contributed by atoms with Gasteiger partial charge in [0.2, 0.25) is 5.95 Å². The molecule has 13 nitrogen and oxygen atoms in total. The summed E-state index contributed by atoms with van der Waals surface area (Å²) in [6.07, 6.45) is 11.4. The van der Waals surface area contributed by atoms with Crippen molar-refractivity contribution in [1.82, 2.24) is 44.7 Å². The summed E-state index contributed by atoms with van der Waals surface area (Å²) in [5, 5.41) is 28.2. The maximum absolute atomic E-state index is 13.0. The summed E-state index contributed by atoms with van der Waals surface area (Å²) in [7, 11) is 2.26. The minimum absolute atomic E-state index is 0.0269. The number of anilines is 4. The topological polar surface area (TPSA) is 144 Å². The Labute approximate surface area is 333 Å². The molecule has 5 fully saturated rings. The molecule has 3 bridgehead atoms. The van der Waals surface area contributed by atoms with E-state index in [4.69, 9.17) is 10.1 Å². The second-order valence-corrected chi connectivity index (χ2v) is 19.4. The third kappa shape index (κ3) is 4.93. The molecule has 1 aromatic carbocycles. The number of H-pyrrole nitrogens is 1. The van der Waals surface area contributed by atoms with Crippen molar-refractivity contribution in [2.75, 3.05) is 50.0 Å². The Balaban J connectivity index is 0.883. The molecule has 4 saturated carbocycles. The van der Waals surface area contributed by atoms with Crippen LogP contribution in [0, 0.1) is 35.5 Å². The molecule has 5 aromatic rings. The zero-order valence-corrected chi connectivity index (χ0v) is 33.8. The van der Waals surface area contributed by atoms with Gasteiger partial charge in [0.25, 0.3) is 0 Å². The summed E-state index contributed by atoms with van der Waals surface area (Å²) in [5.41, 5.74) is 7.99. The number of piperazine rings is 1. The minimum Gasteiger partial charge on any atom is -0.476 e. The summed E-state index contributed by atoms with van der Waals surface area (Å²) in [4.78, 5) is 33.1. The molecule has 0 radical (unpaired) electrons. The van der Waals surface area contributed by atoms with Gasteiger partial charge < -0.3 is 25.2 Å². The number of pyridine rings is 1. The van der Waals surface area contributed by atoms with Crippen LogP contribution in [0.5, 0.6) is 0 Å². The molecule has 4 aliphatic carbocycles. The highest BCUT2D eigenvalue weighted by atomic mass is 16.4. The molecule has 1 saturated heterocycles. The molecule has 0 amide bonds. The predicted molar refractivity (Wildman–Crippen MR) is 219 cm³/mol. The van der Waals surface area contributed by atoms with E-state index in [0.717, 1.165) is 79.0 Å². The Hall–Kier alpha value is -4.88. The van der Waals surface area contributed by atoms with E-state index in [0.29, 0.717) is 51.8 Å². The summed E-state index contributed by atoms with van der Waals surface area (Å²) in [6.45, 7) is 15.5. The zero-order valence-electron chi connectivity index (χ0n) is 33.8. The summed E-state index contributed by atoms with van der Waals surface area (Å²) in [5.74, 6) is 1.45. The van der Waals surface area contributed by atoms with Crippen molar-refractivity contribution in [3.05, 3.63) is 65.1 Å². The highest BCUT2D eigenvalue weighted by Gasteiger charge is 2.84. The van der Waals surface area contributed by atoms with Crippen LogP contribution in [0.15, 0.2) is 42.6 Å². The highest BCUT2D eigenvalue weighted by molar-refractivity contribution is 5.95. The Morgan fingerprint density at radius 2 is 1.70 bits per heavy atom. The van der Waals surface area contributed by atoms with Crippen LogP contribution in [0.3, 0.4) is 0 Å². The average molecular weight is 768 g/mol. The van der Waals surface area contributed by atoms with E-state index in [1.807, 2.05) is 54.4 Å². The van der Waals surface area contributed by atoms with Gasteiger partial charge in [0.15, 0.2) is 17.3 Å². The Bertz CT molecular complexity index is 2450. The number of hydrogen-bond acceptors (Lipinski definition) is 10. The summed E-state index contributed by atoms with van der Waals surface area (Å²) < 4.78 is 2.20. The first kappa shape index (κ1) is 35.3. The molecule has 6 heterocycles. The third-order valence-corrected chi connectivity index (χ3v) is 16.0. The van der Waals surface area contributed by atoms with Gasteiger partial charge in [0.05, 0.1) is 17.2 Å². The lowest BCUT2D eigenvalue weighted by molar-refractivity contribution is -0.157. The number of nitrogens with zero attached hydrogens (tertiary/aromatic N) is 9. The lowest BCUT2D eigenvalue weighted by Gasteiger charge is -2.64. The van der Waals surface area contributed by atoms with Crippen molar-refractivity contribution in [2.45, 2.75) is 91.1 Å². The van der Waals surface area contributed by atoms with E-state index in [1.54, 1.807) is 0 Å². The number of benzene rings is 1.